The zero-order valence-electron chi connectivity index (χ0n) is 12.8. The Bertz CT molecular complexity index is 745. The minimum atomic E-state index is -0.198. The van der Waals surface area contributed by atoms with E-state index in [0.29, 0.717) is 11.1 Å². The summed E-state index contributed by atoms with van der Waals surface area (Å²) < 4.78 is 1.50. The summed E-state index contributed by atoms with van der Waals surface area (Å²) in [6.45, 7) is 0. The lowest BCUT2D eigenvalue weighted by atomic mass is 9.96. The number of nitrogens with one attached hydrogen (secondary N) is 2. The average molecular weight is 299 g/mol. The highest BCUT2D eigenvalue weighted by Gasteiger charge is 2.16. The van der Waals surface area contributed by atoms with Gasteiger partial charge in [0.15, 0.2) is 0 Å². The second kappa shape index (κ2) is 6.22. The van der Waals surface area contributed by atoms with E-state index < -0.39 is 0 Å². The normalized spacial score (nSPS) is 15.7. The van der Waals surface area contributed by atoms with Crippen LogP contribution in [0.15, 0.2) is 35.3 Å². The van der Waals surface area contributed by atoms with Gasteiger partial charge in [0.05, 0.1) is 5.69 Å². The van der Waals surface area contributed by atoms with Gasteiger partial charge in [-0.3, -0.25) is 4.79 Å². The first-order valence-electron chi connectivity index (χ1n) is 7.81. The van der Waals surface area contributed by atoms with E-state index in [2.05, 4.69) is 10.6 Å². The van der Waals surface area contributed by atoms with E-state index >= 15 is 0 Å². The number of hydrogen-bond donors (Lipinski definition) is 2. The number of nitrogens with zero attached hydrogens (tertiary/aromatic N) is 1. The molecule has 5 heteroatoms. The monoisotopic (exact) mass is 299 g/mol. The highest BCUT2D eigenvalue weighted by molar-refractivity contribution is 6.00. The van der Waals surface area contributed by atoms with Crippen LogP contribution in [-0.2, 0) is 7.05 Å². The molecule has 0 aliphatic heterocycles. The van der Waals surface area contributed by atoms with Crippen molar-refractivity contribution in [3.63, 3.8) is 0 Å². The Hall–Kier alpha value is -2.30. The van der Waals surface area contributed by atoms with Crippen LogP contribution in [0.1, 0.15) is 32.1 Å². The molecular weight excluding hydrogens is 278 g/mol. The van der Waals surface area contributed by atoms with Crippen molar-refractivity contribution in [2.45, 2.75) is 38.1 Å². The molecule has 0 radical (unpaired) electrons. The minimum Gasteiger partial charge on any atom is -0.335 e. The van der Waals surface area contributed by atoms with Crippen molar-refractivity contribution in [1.82, 2.24) is 9.88 Å². The number of carbonyl (C=O) groups is 1. The molecule has 1 saturated carbocycles. The predicted octanol–water partition coefficient (Wildman–Crippen LogP) is 2.99. The number of pyridine rings is 1. The molecule has 5 nitrogen and oxygen atoms in total. The van der Waals surface area contributed by atoms with Crippen LogP contribution in [0.4, 0.5) is 10.5 Å². The number of urea groups is 1. The zero-order chi connectivity index (χ0) is 15.5. The number of carbonyl (C=O) groups excluding carboxylic acids is 1. The van der Waals surface area contributed by atoms with Crippen molar-refractivity contribution in [2.75, 3.05) is 5.32 Å². The molecule has 0 unspecified atom stereocenters. The number of anilines is 1. The van der Waals surface area contributed by atoms with Crippen LogP contribution in [0.25, 0.3) is 10.8 Å². The van der Waals surface area contributed by atoms with Crippen molar-refractivity contribution in [3.8, 4) is 0 Å². The highest BCUT2D eigenvalue weighted by Crippen LogP contribution is 2.21. The predicted molar refractivity (Wildman–Crippen MR) is 88.2 cm³/mol. The topological polar surface area (TPSA) is 63.1 Å². The van der Waals surface area contributed by atoms with Crippen molar-refractivity contribution < 1.29 is 4.79 Å². The highest BCUT2D eigenvalue weighted by atomic mass is 16.2. The smallest absolute Gasteiger partial charge is 0.319 e. The maximum atomic E-state index is 12.2. The Morgan fingerprint density at radius 1 is 1.14 bits per heavy atom. The maximum absolute atomic E-state index is 12.2. The van der Waals surface area contributed by atoms with E-state index in [9.17, 15) is 9.59 Å². The number of fused-ring (bicyclic) bond motifs is 1. The van der Waals surface area contributed by atoms with Crippen LogP contribution in [0.5, 0.6) is 0 Å². The van der Waals surface area contributed by atoms with E-state index in [1.165, 1.54) is 23.8 Å². The number of hydrogen-bond acceptors (Lipinski definition) is 2. The summed E-state index contributed by atoms with van der Waals surface area (Å²) in [5.41, 5.74) is 0.597. The van der Waals surface area contributed by atoms with Gasteiger partial charge in [-0.15, -0.1) is 0 Å². The lowest BCUT2D eigenvalue weighted by molar-refractivity contribution is 0.244. The fourth-order valence-electron chi connectivity index (χ4n) is 3.11. The minimum absolute atomic E-state index is 0.0613. The summed E-state index contributed by atoms with van der Waals surface area (Å²) in [4.78, 5) is 24.3. The second-order valence-corrected chi connectivity index (χ2v) is 5.94. The van der Waals surface area contributed by atoms with Gasteiger partial charge in [-0.2, -0.15) is 0 Å². The lowest BCUT2D eigenvalue weighted by Crippen LogP contribution is -2.39. The molecule has 22 heavy (non-hydrogen) atoms. The Morgan fingerprint density at radius 3 is 2.55 bits per heavy atom. The standard InChI is InChI=1S/C17H21N3O2/c1-20-11-15(13-9-5-6-10-14(13)16(20)21)19-17(22)18-12-7-3-2-4-8-12/h5-6,9-12H,2-4,7-8H2,1H3,(H2,18,19,22). The van der Waals surface area contributed by atoms with Crippen molar-refractivity contribution in [1.29, 1.82) is 0 Å². The Balaban J connectivity index is 1.82. The van der Waals surface area contributed by atoms with Crippen LogP contribution >= 0.6 is 0 Å². The van der Waals surface area contributed by atoms with Gasteiger partial charge in [0.25, 0.3) is 5.56 Å². The van der Waals surface area contributed by atoms with Gasteiger partial charge in [0.1, 0.15) is 0 Å². The SMILES string of the molecule is Cn1cc(NC(=O)NC2CCCCC2)c2ccccc2c1=O. The van der Waals surface area contributed by atoms with E-state index in [1.807, 2.05) is 18.2 Å². The molecule has 3 rings (SSSR count). The van der Waals surface area contributed by atoms with E-state index in [0.717, 1.165) is 18.2 Å². The summed E-state index contributed by atoms with van der Waals surface area (Å²) in [5, 5.41) is 7.30. The van der Waals surface area contributed by atoms with Crippen LogP contribution in [0.2, 0.25) is 0 Å². The zero-order valence-corrected chi connectivity index (χ0v) is 12.8. The molecule has 0 bridgehead atoms. The summed E-state index contributed by atoms with van der Waals surface area (Å²) in [5.74, 6) is 0. The van der Waals surface area contributed by atoms with Crippen LogP contribution in [0.3, 0.4) is 0 Å². The van der Waals surface area contributed by atoms with Crippen LogP contribution in [0, 0.1) is 0 Å². The summed E-state index contributed by atoms with van der Waals surface area (Å²) in [6.07, 6.45) is 7.36. The largest absolute Gasteiger partial charge is 0.335 e. The van der Waals surface area contributed by atoms with Crippen molar-refractivity contribution in [2.24, 2.45) is 7.05 Å². The number of aromatic nitrogens is 1. The number of rotatable bonds is 2. The molecule has 0 spiro atoms. The third kappa shape index (κ3) is 2.98. The van der Waals surface area contributed by atoms with E-state index in [1.54, 1.807) is 19.3 Å². The Morgan fingerprint density at radius 2 is 1.82 bits per heavy atom. The maximum Gasteiger partial charge on any atom is 0.319 e. The molecule has 2 amide bonds. The number of benzene rings is 1. The van der Waals surface area contributed by atoms with Crippen molar-refractivity contribution >= 4 is 22.5 Å². The molecule has 0 saturated heterocycles. The molecule has 2 N–H and O–H groups in total. The third-order valence-electron chi connectivity index (χ3n) is 4.28. The molecule has 116 valence electrons. The summed E-state index contributed by atoms with van der Waals surface area (Å²) in [6, 6.07) is 7.39. The summed E-state index contributed by atoms with van der Waals surface area (Å²) in [7, 11) is 1.69. The third-order valence-corrected chi connectivity index (χ3v) is 4.28. The molecule has 1 aliphatic carbocycles. The number of aryl methyl sites for hydroxylation is 1. The Labute approximate surface area is 129 Å². The molecule has 2 aromatic rings. The molecule has 1 fully saturated rings. The first kappa shape index (κ1) is 14.6. The van der Waals surface area contributed by atoms with Gasteiger partial charge in [-0.25, -0.2) is 4.79 Å². The first-order chi connectivity index (χ1) is 10.6. The average Bonchev–Trinajstić information content (AvgIpc) is 2.53. The molecule has 1 aliphatic rings. The molecule has 1 aromatic carbocycles. The van der Waals surface area contributed by atoms with E-state index in [-0.39, 0.29) is 17.6 Å². The van der Waals surface area contributed by atoms with Gasteiger partial charge in [-0.05, 0) is 18.9 Å². The molecular formula is C17H21N3O2. The summed E-state index contributed by atoms with van der Waals surface area (Å²) >= 11 is 0. The van der Waals surface area contributed by atoms with Crippen molar-refractivity contribution in [3.05, 3.63) is 40.8 Å². The van der Waals surface area contributed by atoms with Crippen LogP contribution in [-0.4, -0.2) is 16.6 Å². The molecule has 0 atom stereocenters. The molecule has 1 aromatic heterocycles. The van der Waals surface area contributed by atoms with E-state index in [4.69, 9.17) is 0 Å². The van der Waals surface area contributed by atoms with Gasteiger partial charge < -0.3 is 15.2 Å². The second-order valence-electron chi connectivity index (χ2n) is 5.94. The van der Waals surface area contributed by atoms with Gasteiger partial charge in [0.2, 0.25) is 0 Å². The lowest BCUT2D eigenvalue weighted by Gasteiger charge is -2.23. The van der Waals surface area contributed by atoms with Gasteiger partial charge >= 0.3 is 6.03 Å². The Kier molecular flexibility index (Phi) is 4.13. The molecule has 1 heterocycles. The number of amides is 2. The fraction of sp³-hybridized carbons (Fsp3) is 0.412. The van der Waals surface area contributed by atoms with Crippen LogP contribution < -0.4 is 16.2 Å². The quantitative estimate of drug-likeness (QED) is 0.895. The first-order valence-corrected chi connectivity index (χ1v) is 7.81. The fourth-order valence-corrected chi connectivity index (χ4v) is 3.11. The van der Waals surface area contributed by atoms with Gasteiger partial charge in [0, 0.05) is 30.1 Å². The van der Waals surface area contributed by atoms with Gasteiger partial charge in [-0.1, -0.05) is 37.5 Å².